The normalized spacial score (nSPS) is 10.8. The van der Waals surface area contributed by atoms with E-state index in [-0.39, 0.29) is 10.6 Å². The van der Waals surface area contributed by atoms with Crippen LogP contribution in [0.5, 0.6) is 11.5 Å². The molecule has 0 aliphatic rings. The fourth-order valence-corrected chi connectivity index (χ4v) is 2.67. The second kappa shape index (κ2) is 8.43. The Morgan fingerprint density at radius 3 is 2.40 bits per heavy atom. The Bertz CT molecular complexity index is 856. The van der Waals surface area contributed by atoms with Gasteiger partial charge in [-0.1, -0.05) is 23.2 Å². The van der Waals surface area contributed by atoms with Crippen molar-refractivity contribution < 1.29 is 14.3 Å². The van der Waals surface area contributed by atoms with E-state index in [1.807, 2.05) is 6.07 Å². The maximum atomic E-state index is 12.3. The zero-order valence-electron chi connectivity index (χ0n) is 13.5. The van der Waals surface area contributed by atoms with Crippen molar-refractivity contribution in [3.05, 3.63) is 57.6 Å². The lowest BCUT2D eigenvalue weighted by atomic mass is 10.1. The van der Waals surface area contributed by atoms with Crippen LogP contribution in [0.25, 0.3) is 6.08 Å². The summed E-state index contributed by atoms with van der Waals surface area (Å²) in [5, 5.41) is 12.6. The first-order valence-electron chi connectivity index (χ1n) is 7.08. The standard InChI is InChI=1S/C18H14Cl2N2O3/c1-24-15-5-3-14(4-6-15)22-18(23)12(10-21)7-11-8-13(19)9-16(20)17(11)25-2/h3-9H,1-2H3,(H,22,23)/b12-7+. The molecular formula is C18H14Cl2N2O3. The van der Waals surface area contributed by atoms with Gasteiger partial charge in [0, 0.05) is 16.3 Å². The molecule has 2 rings (SSSR count). The Morgan fingerprint density at radius 1 is 1.16 bits per heavy atom. The van der Waals surface area contributed by atoms with Crippen molar-refractivity contribution in [2.45, 2.75) is 0 Å². The van der Waals surface area contributed by atoms with Crippen molar-refractivity contribution >= 4 is 40.9 Å². The number of methoxy groups -OCH3 is 2. The molecule has 0 saturated heterocycles. The first-order chi connectivity index (χ1) is 12.0. The lowest BCUT2D eigenvalue weighted by Crippen LogP contribution is -2.13. The largest absolute Gasteiger partial charge is 0.497 e. The molecule has 128 valence electrons. The summed E-state index contributed by atoms with van der Waals surface area (Å²) in [4.78, 5) is 12.3. The first kappa shape index (κ1) is 18.7. The van der Waals surface area contributed by atoms with E-state index in [0.717, 1.165) is 0 Å². The minimum absolute atomic E-state index is 0.118. The van der Waals surface area contributed by atoms with E-state index in [1.54, 1.807) is 37.4 Å². The number of halogens is 2. The minimum atomic E-state index is -0.564. The van der Waals surface area contributed by atoms with E-state index in [9.17, 15) is 10.1 Å². The Labute approximate surface area is 155 Å². The SMILES string of the molecule is COc1ccc(NC(=O)/C(C#N)=C/c2cc(Cl)cc(Cl)c2OC)cc1. The molecule has 5 nitrogen and oxygen atoms in total. The van der Waals surface area contributed by atoms with Crippen LogP contribution >= 0.6 is 23.2 Å². The number of nitrogens with one attached hydrogen (secondary N) is 1. The number of nitrogens with zero attached hydrogens (tertiary/aromatic N) is 1. The molecule has 1 N–H and O–H groups in total. The molecule has 0 atom stereocenters. The van der Waals surface area contributed by atoms with Crippen LogP contribution in [0.2, 0.25) is 10.0 Å². The number of benzene rings is 2. The van der Waals surface area contributed by atoms with Gasteiger partial charge >= 0.3 is 0 Å². The summed E-state index contributed by atoms with van der Waals surface area (Å²) in [6.07, 6.45) is 1.37. The summed E-state index contributed by atoms with van der Waals surface area (Å²) < 4.78 is 10.3. The maximum absolute atomic E-state index is 12.3. The van der Waals surface area contributed by atoms with Crippen LogP contribution in [0, 0.1) is 11.3 Å². The predicted octanol–water partition coefficient (Wildman–Crippen LogP) is 4.56. The second-order valence-electron chi connectivity index (χ2n) is 4.86. The van der Waals surface area contributed by atoms with Crippen LogP contribution in [0.4, 0.5) is 5.69 Å². The van der Waals surface area contributed by atoms with Gasteiger partial charge in [0.1, 0.15) is 23.1 Å². The van der Waals surface area contributed by atoms with Crippen LogP contribution < -0.4 is 14.8 Å². The number of hydrogen-bond acceptors (Lipinski definition) is 4. The molecule has 2 aromatic rings. The number of carbonyl (C=O) groups is 1. The Kier molecular flexibility index (Phi) is 6.29. The summed E-state index contributed by atoms with van der Waals surface area (Å²) in [6, 6.07) is 11.7. The maximum Gasteiger partial charge on any atom is 0.266 e. The lowest BCUT2D eigenvalue weighted by molar-refractivity contribution is -0.112. The molecule has 0 radical (unpaired) electrons. The van der Waals surface area contributed by atoms with Crippen LogP contribution in [0.15, 0.2) is 42.0 Å². The van der Waals surface area contributed by atoms with Gasteiger partial charge in [0.15, 0.2) is 0 Å². The smallest absolute Gasteiger partial charge is 0.266 e. The number of ether oxygens (including phenoxy) is 2. The lowest BCUT2D eigenvalue weighted by Gasteiger charge is -2.09. The van der Waals surface area contributed by atoms with Crippen LogP contribution in [-0.2, 0) is 4.79 Å². The van der Waals surface area contributed by atoms with Crippen molar-refractivity contribution in [2.75, 3.05) is 19.5 Å². The van der Waals surface area contributed by atoms with Crippen molar-refractivity contribution in [1.29, 1.82) is 5.26 Å². The highest BCUT2D eigenvalue weighted by atomic mass is 35.5. The van der Waals surface area contributed by atoms with E-state index < -0.39 is 5.91 Å². The molecule has 0 fully saturated rings. The highest BCUT2D eigenvalue weighted by Gasteiger charge is 2.14. The second-order valence-corrected chi connectivity index (χ2v) is 5.71. The molecule has 0 aliphatic heterocycles. The quantitative estimate of drug-likeness (QED) is 0.613. The van der Waals surface area contributed by atoms with Crippen molar-refractivity contribution in [3.8, 4) is 17.6 Å². The van der Waals surface area contributed by atoms with Crippen LogP contribution in [-0.4, -0.2) is 20.1 Å². The average Bonchev–Trinajstić information content (AvgIpc) is 2.59. The van der Waals surface area contributed by atoms with Gasteiger partial charge in [-0.3, -0.25) is 4.79 Å². The number of anilines is 1. The molecule has 7 heteroatoms. The molecule has 0 heterocycles. The summed E-state index contributed by atoms with van der Waals surface area (Å²) in [5.74, 6) is 0.425. The number of rotatable bonds is 5. The third-order valence-electron chi connectivity index (χ3n) is 3.25. The van der Waals surface area contributed by atoms with Gasteiger partial charge < -0.3 is 14.8 Å². The van der Waals surface area contributed by atoms with E-state index in [4.69, 9.17) is 32.7 Å². The first-order valence-corrected chi connectivity index (χ1v) is 7.84. The average molecular weight is 377 g/mol. The van der Waals surface area contributed by atoms with E-state index >= 15 is 0 Å². The molecule has 0 bridgehead atoms. The Hall–Kier alpha value is -2.68. The number of amides is 1. The molecule has 1 amide bonds. The highest BCUT2D eigenvalue weighted by molar-refractivity contribution is 6.36. The molecule has 0 aromatic heterocycles. The molecule has 2 aromatic carbocycles. The summed E-state index contributed by atoms with van der Waals surface area (Å²) in [5.41, 5.74) is 0.844. The fraction of sp³-hybridized carbons (Fsp3) is 0.111. The van der Waals surface area contributed by atoms with Gasteiger partial charge in [-0.15, -0.1) is 0 Å². The summed E-state index contributed by atoms with van der Waals surface area (Å²) >= 11 is 12.0. The Morgan fingerprint density at radius 2 is 1.84 bits per heavy atom. The molecule has 0 saturated carbocycles. The number of hydrogen-bond donors (Lipinski definition) is 1. The van der Waals surface area contributed by atoms with Crippen molar-refractivity contribution in [2.24, 2.45) is 0 Å². The van der Waals surface area contributed by atoms with Gasteiger partial charge in [0.2, 0.25) is 0 Å². The number of nitriles is 1. The van der Waals surface area contributed by atoms with Crippen LogP contribution in [0.3, 0.4) is 0 Å². The molecule has 0 unspecified atom stereocenters. The van der Waals surface area contributed by atoms with Crippen LogP contribution in [0.1, 0.15) is 5.56 Å². The highest BCUT2D eigenvalue weighted by Crippen LogP contribution is 2.33. The molecule has 0 spiro atoms. The topological polar surface area (TPSA) is 71.3 Å². The number of carbonyl (C=O) groups excluding carboxylic acids is 1. The molecule has 0 aliphatic carbocycles. The predicted molar refractivity (Wildman–Crippen MR) is 98.2 cm³/mol. The van der Waals surface area contributed by atoms with Crippen molar-refractivity contribution in [1.82, 2.24) is 0 Å². The zero-order chi connectivity index (χ0) is 18.4. The van der Waals surface area contributed by atoms with E-state index in [0.29, 0.717) is 27.8 Å². The van der Waals surface area contributed by atoms with Crippen molar-refractivity contribution in [3.63, 3.8) is 0 Å². The van der Waals surface area contributed by atoms with Gasteiger partial charge in [-0.2, -0.15) is 5.26 Å². The third-order valence-corrected chi connectivity index (χ3v) is 3.75. The molecule has 25 heavy (non-hydrogen) atoms. The van der Waals surface area contributed by atoms with E-state index in [2.05, 4.69) is 5.32 Å². The fourth-order valence-electron chi connectivity index (χ4n) is 2.08. The Balaban J connectivity index is 2.31. The van der Waals surface area contributed by atoms with Gasteiger partial charge in [0.05, 0.1) is 19.2 Å². The zero-order valence-corrected chi connectivity index (χ0v) is 15.0. The molecular weight excluding hydrogens is 363 g/mol. The summed E-state index contributed by atoms with van der Waals surface area (Å²) in [7, 11) is 2.99. The van der Waals surface area contributed by atoms with Gasteiger partial charge in [-0.25, -0.2) is 0 Å². The minimum Gasteiger partial charge on any atom is -0.497 e. The van der Waals surface area contributed by atoms with Gasteiger partial charge in [-0.05, 0) is 42.5 Å². The summed E-state index contributed by atoms with van der Waals surface area (Å²) in [6.45, 7) is 0. The third kappa shape index (κ3) is 4.66. The monoisotopic (exact) mass is 376 g/mol. The van der Waals surface area contributed by atoms with E-state index in [1.165, 1.54) is 19.3 Å². The van der Waals surface area contributed by atoms with Gasteiger partial charge in [0.25, 0.3) is 5.91 Å².